The molecule has 1 fully saturated rings. The summed E-state index contributed by atoms with van der Waals surface area (Å²) in [6.07, 6.45) is 0.886. The van der Waals surface area contributed by atoms with Crippen molar-refractivity contribution in [1.82, 2.24) is 9.88 Å². The number of nitrogens with one attached hydrogen (secondary N) is 1. The fraction of sp³-hybridized carbons (Fsp3) is 0.368. The minimum Gasteiger partial charge on any atom is -0.368 e. The third-order valence-corrected chi connectivity index (χ3v) is 4.56. The summed E-state index contributed by atoms with van der Waals surface area (Å²) in [5.41, 5.74) is 2.15. The van der Waals surface area contributed by atoms with Crippen LogP contribution in [0, 0.1) is 6.92 Å². The highest BCUT2D eigenvalue weighted by molar-refractivity contribution is 5.94. The molecule has 1 atom stereocenters. The molecule has 0 saturated carbocycles. The molecule has 1 aromatic heterocycles. The molecule has 5 heteroatoms. The molecule has 1 aromatic carbocycles. The van der Waals surface area contributed by atoms with E-state index in [4.69, 9.17) is 0 Å². The Kier molecular flexibility index (Phi) is 4.69. The van der Waals surface area contributed by atoms with Crippen LogP contribution in [-0.4, -0.2) is 41.5 Å². The fourth-order valence-electron chi connectivity index (χ4n) is 3.32. The van der Waals surface area contributed by atoms with E-state index >= 15 is 0 Å². The Morgan fingerprint density at radius 1 is 1.21 bits per heavy atom. The van der Waals surface area contributed by atoms with E-state index in [-0.39, 0.29) is 17.5 Å². The molecule has 0 aliphatic carbocycles. The van der Waals surface area contributed by atoms with Crippen LogP contribution in [-0.2, 0) is 0 Å². The molecule has 0 bridgehead atoms. The molecule has 5 nitrogen and oxygen atoms in total. The highest BCUT2D eigenvalue weighted by Crippen LogP contribution is 2.21. The standard InChI is InChI=1S/C19H23N3O2/c1-3-16-13-21(17-7-5-4-6-8-17)9-10-22(16)19(24)15-11-14(2)20-18(23)12-15/h4-8,11-12,16H,3,9-10,13H2,1-2H3,(H,20,23). The minimum atomic E-state index is -0.227. The van der Waals surface area contributed by atoms with Gasteiger partial charge in [-0.3, -0.25) is 9.59 Å². The molecule has 1 unspecified atom stereocenters. The number of hydrogen-bond acceptors (Lipinski definition) is 3. The molecule has 2 aromatic rings. The van der Waals surface area contributed by atoms with Gasteiger partial charge in [-0.15, -0.1) is 0 Å². The Morgan fingerprint density at radius 2 is 1.96 bits per heavy atom. The number of rotatable bonds is 3. The van der Waals surface area contributed by atoms with Crippen molar-refractivity contribution in [1.29, 1.82) is 0 Å². The van der Waals surface area contributed by atoms with Crippen LogP contribution in [0.15, 0.2) is 47.3 Å². The van der Waals surface area contributed by atoms with Crippen molar-refractivity contribution < 1.29 is 4.79 Å². The summed E-state index contributed by atoms with van der Waals surface area (Å²) < 4.78 is 0. The number of carbonyl (C=O) groups is 1. The molecule has 2 heterocycles. The first-order valence-electron chi connectivity index (χ1n) is 8.40. The van der Waals surface area contributed by atoms with Crippen molar-refractivity contribution in [2.24, 2.45) is 0 Å². The van der Waals surface area contributed by atoms with Gasteiger partial charge >= 0.3 is 0 Å². The van der Waals surface area contributed by atoms with E-state index in [1.807, 2.05) is 23.1 Å². The first kappa shape index (κ1) is 16.3. The number of para-hydroxylation sites is 1. The first-order valence-corrected chi connectivity index (χ1v) is 8.40. The number of benzene rings is 1. The van der Waals surface area contributed by atoms with Crippen LogP contribution < -0.4 is 10.5 Å². The maximum Gasteiger partial charge on any atom is 0.254 e. The van der Waals surface area contributed by atoms with E-state index in [0.717, 1.165) is 19.5 Å². The van der Waals surface area contributed by atoms with E-state index in [0.29, 0.717) is 17.8 Å². The summed E-state index contributed by atoms with van der Waals surface area (Å²) >= 11 is 0. The van der Waals surface area contributed by atoms with E-state index in [2.05, 4.69) is 28.9 Å². The van der Waals surface area contributed by atoms with Gasteiger partial charge in [-0.1, -0.05) is 25.1 Å². The van der Waals surface area contributed by atoms with Crippen molar-refractivity contribution in [2.75, 3.05) is 24.5 Å². The zero-order chi connectivity index (χ0) is 17.1. The lowest BCUT2D eigenvalue weighted by Gasteiger charge is -2.42. The second-order valence-electron chi connectivity index (χ2n) is 6.26. The van der Waals surface area contributed by atoms with Gasteiger partial charge in [0.15, 0.2) is 0 Å². The van der Waals surface area contributed by atoms with Crippen LogP contribution in [0.25, 0.3) is 0 Å². The lowest BCUT2D eigenvalue weighted by molar-refractivity contribution is 0.0651. The third kappa shape index (κ3) is 3.35. The molecule has 1 aliphatic heterocycles. The smallest absolute Gasteiger partial charge is 0.254 e. The summed E-state index contributed by atoms with van der Waals surface area (Å²) in [6.45, 7) is 6.17. The molecule has 1 amide bonds. The number of aromatic amines is 1. The van der Waals surface area contributed by atoms with Gasteiger partial charge < -0.3 is 14.8 Å². The number of aromatic nitrogens is 1. The summed E-state index contributed by atoms with van der Waals surface area (Å²) in [7, 11) is 0. The van der Waals surface area contributed by atoms with Crippen molar-refractivity contribution in [3.05, 3.63) is 64.1 Å². The highest BCUT2D eigenvalue weighted by Gasteiger charge is 2.30. The topological polar surface area (TPSA) is 56.4 Å². The Labute approximate surface area is 141 Å². The van der Waals surface area contributed by atoms with Crippen molar-refractivity contribution in [3.63, 3.8) is 0 Å². The summed E-state index contributed by atoms with van der Waals surface area (Å²) in [5.74, 6) is -0.0521. The molecule has 1 saturated heterocycles. The molecular formula is C19H23N3O2. The Bertz CT molecular complexity index is 770. The van der Waals surface area contributed by atoms with E-state index in [1.54, 1.807) is 13.0 Å². The molecular weight excluding hydrogens is 302 g/mol. The normalized spacial score (nSPS) is 17.8. The maximum atomic E-state index is 12.9. The number of aryl methyl sites for hydroxylation is 1. The van der Waals surface area contributed by atoms with Gasteiger partial charge in [0.2, 0.25) is 5.56 Å². The van der Waals surface area contributed by atoms with Gasteiger partial charge in [0.05, 0.1) is 0 Å². The van der Waals surface area contributed by atoms with Gasteiger partial charge in [-0.2, -0.15) is 0 Å². The Hall–Kier alpha value is -2.56. The molecule has 3 rings (SSSR count). The SMILES string of the molecule is CCC1CN(c2ccccc2)CCN1C(=O)c1cc(C)[nH]c(=O)c1. The largest absolute Gasteiger partial charge is 0.368 e. The highest BCUT2D eigenvalue weighted by atomic mass is 16.2. The van der Waals surface area contributed by atoms with Gasteiger partial charge in [0.1, 0.15) is 0 Å². The van der Waals surface area contributed by atoms with Gasteiger partial charge in [0.25, 0.3) is 5.91 Å². The Balaban J connectivity index is 1.79. The summed E-state index contributed by atoms with van der Waals surface area (Å²) in [6, 6.07) is 13.6. The van der Waals surface area contributed by atoms with Crippen LogP contribution in [0.5, 0.6) is 0 Å². The van der Waals surface area contributed by atoms with Crippen LogP contribution in [0.3, 0.4) is 0 Å². The number of carbonyl (C=O) groups excluding carboxylic acids is 1. The lowest BCUT2D eigenvalue weighted by atomic mass is 10.1. The fourth-order valence-corrected chi connectivity index (χ4v) is 3.32. The summed E-state index contributed by atoms with van der Waals surface area (Å²) in [4.78, 5) is 31.4. The zero-order valence-electron chi connectivity index (χ0n) is 14.2. The number of amides is 1. The summed E-state index contributed by atoms with van der Waals surface area (Å²) in [5, 5.41) is 0. The first-order chi connectivity index (χ1) is 11.6. The molecule has 0 spiro atoms. The van der Waals surface area contributed by atoms with Crippen LogP contribution in [0.2, 0.25) is 0 Å². The molecule has 1 N–H and O–H groups in total. The van der Waals surface area contributed by atoms with Crippen molar-refractivity contribution in [2.45, 2.75) is 26.3 Å². The van der Waals surface area contributed by atoms with Gasteiger partial charge in [-0.25, -0.2) is 0 Å². The average Bonchev–Trinajstić information content (AvgIpc) is 2.60. The zero-order valence-corrected chi connectivity index (χ0v) is 14.2. The predicted molar refractivity (Wildman–Crippen MR) is 95.6 cm³/mol. The monoisotopic (exact) mass is 325 g/mol. The molecule has 0 radical (unpaired) electrons. The number of H-pyrrole nitrogens is 1. The lowest BCUT2D eigenvalue weighted by Crippen LogP contribution is -2.55. The number of pyridine rings is 1. The Morgan fingerprint density at radius 3 is 2.62 bits per heavy atom. The van der Waals surface area contributed by atoms with Crippen LogP contribution in [0.4, 0.5) is 5.69 Å². The number of anilines is 1. The average molecular weight is 325 g/mol. The van der Waals surface area contributed by atoms with Crippen LogP contribution >= 0.6 is 0 Å². The second kappa shape index (κ2) is 6.91. The van der Waals surface area contributed by atoms with E-state index in [1.165, 1.54) is 11.8 Å². The molecule has 24 heavy (non-hydrogen) atoms. The number of hydrogen-bond donors (Lipinski definition) is 1. The van der Waals surface area contributed by atoms with Gasteiger partial charge in [-0.05, 0) is 31.5 Å². The molecule has 126 valence electrons. The van der Waals surface area contributed by atoms with Gasteiger partial charge in [0, 0.05) is 48.7 Å². The minimum absolute atomic E-state index is 0.0521. The van der Waals surface area contributed by atoms with E-state index in [9.17, 15) is 9.59 Å². The number of piperazine rings is 1. The van der Waals surface area contributed by atoms with Crippen LogP contribution in [0.1, 0.15) is 29.4 Å². The van der Waals surface area contributed by atoms with Crippen molar-refractivity contribution >= 4 is 11.6 Å². The molecule has 1 aliphatic rings. The number of nitrogens with zero attached hydrogens (tertiary/aromatic N) is 2. The maximum absolute atomic E-state index is 12.9. The van der Waals surface area contributed by atoms with Crippen molar-refractivity contribution in [3.8, 4) is 0 Å². The quantitative estimate of drug-likeness (QED) is 0.943. The predicted octanol–water partition coefficient (Wildman–Crippen LogP) is 2.42. The van der Waals surface area contributed by atoms with E-state index < -0.39 is 0 Å². The second-order valence-corrected chi connectivity index (χ2v) is 6.26. The third-order valence-electron chi connectivity index (χ3n) is 4.56.